The summed E-state index contributed by atoms with van der Waals surface area (Å²) in [5, 5.41) is 9.00. The largest absolute Gasteiger partial charge is 0.481 e. The maximum atomic E-state index is 12.8. The molecule has 1 aromatic rings. The predicted octanol–water partition coefficient (Wildman–Crippen LogP) is 2.34. The van der Waals surface area contributed by atoms with Crippen molar-refractivity contribution in [3.05, 3.63) is 35.4 Å². The fourth-order valence-corrected chi connectivity index (χ4v) is 4.42. The van der Waals surface area contributed by atoms with Gasteiger partial charge in [0.2, 0.25) is 5.91 Å². The molecule has 0 aliphatic carbocycles. The third kappa shape index (κ3) is 2.93. The van der Waals surface area contributed by atoms with Crippen LogP contribution >= 0.6 is 11.8 Å². The van der Waals surface area contributed by atoms with Crippen molar-refractivity contribution in [3.63, 3.8) is 0 Å². The average Bonchev–Trinajstić information content (AvgIpc) is 2.53. The zero-order chi connectivity index (χ0) is 14.8. The van der Waals surface area contributed by atoms with Gasteiger partial charge in [0.1, 0.15) is 5.25 Å². The van der Waals surface area contributed by atoms with Crippen LogP contribution in [-0.2, 0) is 16.0 Å². The zero-order valence-electron chi connectivity index (χ0n) is 11.8. The van der Waals surface area contributed by atoms with Crippen LogP contribution in [0.25, 0.3) is 0 Å². The van der Waals surface area contributed by atoms with Gasteiger partial charge in [-0.05, 0) is 36.1 Å². The third-order valence-corrected chi connectivity index (χ3v) is 5.53. The van der Waals surface area contributed by atoms with Crippen LogP contribution in [0.15, 0.2) is 24.3 Å². The van der Waals surface area contributed by atoms with Gasteiger partial charge in [-0.25, -0.2) is 0 Å². The van der Waals surface area contributed by atoms with Crippen LogP contribution in [0.3, 0.4) is 0 Å². The zero-order valence-corrected chi connectivity index (χ0v) is 12.6. The van der Waals surface area contributed by atoms with Crippen LogP contribution in [0.5, 0.6) is 0 Å². The molecule has 5 heteroatoms. The number of aliphatic carboxylic acids is 1. The van der Waals surface area contributed by atoms with Crippen molar-refractivity contribution in [2.24, 2.45) is 5.92 Å². The topological polar surface area (TPSA) is 57.6 Å². The van der Waals surface area contributed by atoms with E-state index in [1.807, 2.05) is 18.2 Å². The highest BCUT2D eigenvalue weighted by atomic mass is 32.2. The molecule has 1 N–H and O–H groups in total. The van der Waals surface area contributed by atoms with E-state index in [0.29, 0.717) is 19.5 Å². The summed E-state index contributed by atoms with van der Waals surface area (Å²) in [5.74, 6) is -0.169. The highest BCUT2D eigenvalue weighted by Crippen LogP contribution is 2.38. The minimum Gasteiger partial charge on any atom is -0.481 e. The number of piperidine rings is 1. The third-order valence-electron chi connectivity index (χ3n) is 4.30. The number of hydrogen-bond donors (Lipinski definition) is 1. The van der Waals surface area contributed by atoms with E-state index in [4.69, 9.17) is 5.11 Å². The SMILES string of the molecule is O=C(O)[C@H]1CCCN(C(=O)[C@H]2SCCc3ccccc32)C1. The normalized spacial score (nSPS) is 25.2. The smallest absolute Gasteiger partial charge is 0.308 e. The van der Waals surface area contributed by atoms with Gasteiger partial charge >= 0.3 is 5.97 Å². The first-order valence-corrected chi connectivity index (χ1v) is 8.42. The number of thioether (sulfide) groups is 1. The Morgan fingerprint density at radius 2 is 2.10 bits per heavy atom. The van der Waals surface area contributed by atoms with E-state index >= 15 is 0 Å². The van der Waals surface area contributed by atoms with E-state index in [-0.39, 0.29) is 11.2 Å². The lowest BCUT2D eigenvalue weighted by Crippen LogP contribution is -2.44. The van der Waals surface area contributed by atoms with Crippen LogP contribution in [-0.4, -0.2) is 40.7 Å². The fraction of sp³-hybridized carbons (Fsp3) is 0.500. The monoisotopic (exact) mass is 305 g/mol. The number of carboxylic acid groups (broad SMARTS) is 1. The van der Waals surface area contributed by atoms with Crippen LogP contribution in [0.1, 0.15) is 29.2 Å². The van der Waals surface area contributed by atoms with Gasteiger partial charge in [-0.2, -0.15) is 0 Å². The van der Waals surface area contributed by atoms with Gasteiger partial charge in [0.15, 0.2) is 0 Å². The second-order valence-corrected chi connectivity index (χ2v) is 6.87. The van der Waals surface area contributed by atoms with Gasteiger partial charge in [-0.1, -0.05) is 24.3 Å². The Morgan fingerprint density at radius 3 is 2.90 bits per heavy atom. The lowest BCUT2D eigenvalue weighted by atomic mass is 9.96. The number of carbonyl (C=O) groups is 2. The maximum absolute atomic E-state index is 12.8. The molecule has 0 aromatic heterocycles. The van der Waals surface area contributed by atoms with Gasteiger partial charge in [0, 0.05) is 13.1 Å². The molecule has 1 saturated heterocycles. The van der Waals surface area contributed by atoms with Gasteiger partial charge < -0.3 is 10.0 Å². The Bertz CT molecular complexity index is 560. The minimum absolute atomic E-state index is 0.0816. The summed E-state index contributed by atoms with van der Waals surface area (Å²) >= 11 is 1.68. The van der Waals surface area contributed by atoms with Crippen molar-refractivity contribution in [2.75, 3.05) is 18.8 Å². The van der Waals surface area contributed by atoms with Crippen LogP contribution in [0, 0.1) is 5.92 Å². The van der Waals surface area contributed by atoms with Crippen LogP contribution in [0.4, 0.5) is 0 Å². The number of likely N-dealkylation sites (tertiary alicyclic amines) is 1. The average molecular weight is 305 g/mol. The molecule has 0 spiro atoms. The van der Waals surface area contributed by atoms with E-state index < -0.39 is 11.9 Å². The first-order valence-electron chi connectivity index (χ1n) is 7.38. The number of rotatable bonds is 2. The number of aryl methyl sites for hydroxylation is 1. The summed E-state index contributed by atoms with van der Waals surface area (Å²) in [5.41, 5.74) is 2.36. The lowest BCUT2D eigenvalue weighted by Gasteiger charge is -2.35. The Kier molecular flexibility index (Phi) is 4.19. The number of fused-ring (bicyclic) bond motifs is 1. The molecule has 2 heterocycles. The molecule has 1 amide bonds. The first-order chi connectivity index (χ1) is 10.2. The van der Waals surface area contributed by atoms with Crippen LogP contribution in [0.2, 0.25) is 0 Å². The fourth-order valence-electron chi connectivity index (χ4n) is 3.14. The summed E-state index contributed by atoms with van der Waals surface area (Å²) in [6.45, 7) is 1.04. The van der Waals surface area contributed by atoms with Crippen molar-refractivity contribution >= 4 is 23.6 Å². The predicted molar refractivity (Wildman–Crippen MR) is 82.3 cm³/mol. The number of carboxylic acids is 1. The number of carbonyl (C=O) groups excluding carboxylic acids is 1. The summed E-state index contributed by atoms with van der Waals surface area (Å²) < 4.78 is 0. The van der Waals surface area contributed by atoms with Crippen molar-refractivity contribution < 1.29 is 14.7 Å². The summed E-state index contributed by atoms with van der Waals surface area (Å²) in [6.07, 6.45) is 2.46. The van der Waals surface area contributed by atoms with Gasteiger partial charge in [-0.15, -0.1) is 11.8 Å². The molecule has 0 saturated carbocycles. The maximum Gasteiger partial charge on any atom is 0.308 e. The highest BCUT2D eigenvalue weighted by Gasteiger charge is 2.34. The molecule has 1 fully saturated rings. The second-order valence-electron chi connectivity index (χ2n) is 5.66. The molecule has 21 heavy (non-hydrogen) atoms. The van der Waals surface area contributed by atoms with Gasteiger partial charge in [0.25, 0.3) is 0 Å². The second kappa shape index (κ2) is 6.10. The van der Waals surface area contributed by atoms with Crippen molar-refractivity contribution in [3.8, 4) is 0 Å². The molecule has 2 aliphatic heterocycles. The standard InChI is InChI=1S/C16H19NO3S/c18-15(17-8-3-5-12(10-17)16(19)20)14-13-6-2-1-4-11(13)7-9-21-14/h1-2,4,6,12,14H,3,5,7-10H2,(H,19,20)/t12-,14-/m0/s1. The molecule has 0 unspecified atom stereocenters. The minimum atomic E-state index is -0.788. The summed E-state index contributed by atoms with van der Waals surface area (Å²) in [6, 6.07) is 8.10. The van der Waals surface area contributed by atoms with E-state index in [1.54, 1.807) is 16.7 Å². The van der Waals surface area contributed by atoms with E-state index in [2.05, 4.69) is 6.07 Å². The Hall–Kier alpha value is -1.49. The molecule has 1 aromatic carbocycles. The van der Waals surface area contributed by atoms with Gasteiger partial charge in [0.05, 0.1) is 5.92 Å². The summed E-state index contributed by atoms with van der Waals surface area (Å²) in [7, 11) is 0. The first kappa shape index (κ1) is 14.4. The number of benzene rings is 1. The molecule has 3 rings (SSSR count). The quantitative estimate of drug-likeness (QED) is 0.911. The van der Waals surface area contributed by atoms with Crippen molar-refractivity contribution in [1.29, 1.82) is 0 Å². The molecular weight excluding hydrogens is 286 g/mol. The van der Waals surface area contributed by atoms with Crippen molar-refractivity contribution in [1.82, 2.24) is 4.90 Å². The van der Waals surface area contributed by atoms with Gasteiger partial charge in [-0.3, -0.25) is 9.59 Å². The van der Waals surface area contributed by atoms with Crippen LogP contribution < -0.4 is 0 Å². The number of nitrogens with zero attached hydrogens (tertiary/aromatic N) is 1. The highest BCUT2D eigenvalue weighted by molar-refractivity contribution is 8.00. The van der Waals surface area contributed by atoms with Crippen molar-refractivity contribution in [2.45, 2.75) is 24.5 Å². The number of hydrogen-bond acceptors (Lipinski definition) is 3. The Labute approximate surface area is 128 Å². The molecule has 2 atom stereocenters. The molecule has 0 radical (unpaired) electrons. The summed E-state index contributed by atoms with van der Waals surface area (Å²) in [4.78, 5) is 25.7. The molecule has 112 valence electrons. The van der Waals surface area contributed by atoms with E-state index in [0.717, 1.165) is 24.2 Å². The molecule has 0 bridgehead atoms. The molecular formula is C16H19NO3S. The van der Waals surface area contributed by atoms with E-state index in [9.17, 15) is 9.59 Å². The Balaban J connectivity index is 1.78. The number of amides is 1. The van der Waals surface area contributed by atoms with E-state index in [1.165, 1.54) is 5.56 Å². The Morgan fingerprint density at radius 1 is 1.29 bits per heavy atom. The molecule has 4 nitrogen and oxygen atoms in total. The lowest BCUT2D eigenvalue weighted by molar-refractivity contribution is -0.145. The molecule has 2 aliphatic rings.